The SMILES string of the molecule is c1ccc(CCCCC2COc3ccccc3C2)cc1. The van der Waals surface area contributed by atoms with E-state index in [0.717, 1.165) is 12.4 Å². The van der Waals surface area contributed by atoms with E-state index < -0.39 is 0 Å². The van der Waals surface area contributed by atoms with Gasteiger partial charge in [-0.05, 0) is 48.8 Å². The van der Waals surface area contributed by atoms with Gasteiger partial charge in [-0.15, -0.1) is 0 Å². The maximum Gasteiger partial charge on any atom is 0.122 e. The molecule has 0 saturated heterocycles. The Hall–Kier alpha value is -1.76. The summed E-state index contributed by atoms with van der Waals surface area (Å²) in [7, 11) is 0. The molecule has 0 spiro atoms. The molecule has 1 unspecified atom stereocenters. The second-order valence-electron chi connectivity index (χ2n) is 5.72. The lowest BCUT2D eigenvalue weighted by atomic mass is 9.91. The molecule has 2 aromatic carbocycles. The Morgan fingerprint density at radius 1 is 0.900 bits per heavy atom. The number of unbranched alkanes of at least 4 members (excludes halogenated alkanes) is 1. The smallest absolute Gasteiger partial charge is 0.122 e. The quantitative estimate of drug-likeness (QED) is 0.716. The van der Waals surface area contributed by atoms with Gasteiger partial charge in [0.2, 0.25) is 0 Å². The highest BCUT2D eigenvalue weighted by Gasteiger charge is 2.18. The molecular formula is C19H22O. The van der Waals surface area contributed by atoms with E-state index in [2.05, 4.69) is 54.6 Å². The third-order valence-electron chi connectivity index (χ3n) is 4.13. The molecule has 0 amide bonds. The number of ether oxygens (including phenoxy) is 1. The van der Waals surface area contributed by atoms with Gasteiger partial charge in [-0.1, -0.05) is 55.0 Å². The van der Waals surface area contributed by atoms with Crippen LogP contribution in [-0.4, -0.2) is 6.61 Å². The van der Waals surface area contributed by atoms with E-state index in [1.54, 1.807) is 0 Å². The normalized spacial score (nSPS) is 17.3. The lowest BCUT2D eigenvalue weighted by Crippen LogP contribution is -2.20. The summed E-state index contributed by atoms with van der Waals surface area (Å²) in [6.45, 7) is 0.891. The van der Waals surface area contributed by atoms with Crippen LogP contribution < -0.4 is 4.74 Å². The van der Waals surface area contributed by atoms with Crippen LogP contribution >= 0.6 is 0 Å². The molecule has 1 heteroatoms. The van der Waals surface area contributed by atoms with Crippen molar-refractivity contribution in [3.8, 4) is 5.75 Å². The summed E-state index contributed by atoms with van der Waals surface area (Å²) < 4.78 is 5.85. The Kier molecular flexibility index (Phi) is 4.37. The highest BCUT2D eigenvalue weighted by atomic mass is 16.5. The molecular weight excluding hydrogens is 244 g/mol. The maximum atomic E-state index is 5.85. The third kappa shape index (κ3) is 3.41. The lowest BCUT2D eigenvalue weighted by molar-refractivity contribution is 0.211. The average molecular weight is 266 g/mol. The summed E-state index contributed by atoms with van der Waals surface area (Å²) in [5, 5.41) is 0. The number of hydrogen-bond acceptors (Lipinski definition) is 1. The summed E-state index contributed by atoms with van der Waals surface area (Å²) >= 11 is 0. The van der Waals surface area contributed by atoms with E-state index in [9.17, 15) is 0 Å². The highest BCUT2D eigenvalue weighted by molar-refractivity contribution is 5.35. The maximum absolute atomic E-state index is 5.85. The number of rotatable bonds is 5. The van der Waals surface area contributed by atoms with Crippen molar-refractivity contribution in [2.24, 2.45) is 5.92 Å². The van der Waals surface area contributed by atoms with E-state index in [0.29, 0.717) is 5.92 Å². The summed E-state index contributed by atoms with van der Waals surface area (Å²) in [6.07, 6.45) is 6.24. The van der Waals surface area contributed by atoms with Gasteiger partial charge in [0.15, 0.2) is 0 Å². The predicted octanol–water partition coefficient (Wildman–Crippen LogP) is 4.65. The Labute approximate surface area is 121 Å². The second kappa shape index (κ2) is 6.60. The Morgan fingerprint density at radius 3 is 2.60 bits per heavy atom. The summed E-state index contributed by atoms with van der Waals surface area (Å²) in [5.41, 5.74) is 2.84. The Bertz CT molecular complexity index is 532. The molecule has 0 fully saturated rings. The fraction of sp³-hybridized carbons (Fsp3) is 0.368. The zero-order valence-corrected chi connectivity index (χ0v) is 11.9. The van der Waals surface area contributed by atoms with Gasteiger partial charge in [0.05, 0.1) is 6.61 Å². The van der Waals surface area contributed by atoms with Gasteiger partial charge in [0, 0.05) is 0 Å². The van der Waals surface area contributed by atoms with Crippen LogP contribution in [0, 0.1) is 5.92 Å². The van der Waals surface area contributed by atoms with E-state index in [1.807, 2.05) is 0 Å². The molecule has 2 aromatic rings. The summed E-state index contributed by atoms with van der Waals surface area (Å²) in [5.74, 6) is 1.79. The zero-order chi connectivity index (χ0) is 13.6. The van der Waals surface area contributed by atoms with Crippen LogP contribution in [0.2, 0.25) is 0 Å². The van der Waals surface area contributed by atoms with Gasteiger partial charge in [-0.25, -0.2) is 0 Å². The number of hydrogen-bond donors (Lipinski definition) is 0. The Morgan fingerprint density at radius 2 is 1.70 bits per heavy atom. The molecule has 1 nitrogen and oxygen atoms in total. The summed E-state index contributed by atoms with van der Waals surface area (Å²) in [4.78, 5) is 0. The monoisotopic (exact) mass is 266 g/mol. The van der Waals surface area contributed by atoms with Crippen LogP contribution in [0.25, 0.3) is 0 Å². The molecule has 0 aromatic heterocycles. The summed E-state index contributed by atoms with van der Waals surface area (Å²) in [6, 6.07) is 19.2. The van der Waals surface area contributed by atoms with Crippen molar-refractivity contribution < 1.29 is 4.74 Å². The van der Waals surface area contributed by atoms with Crippen molar-refractivity contribution in [3.63, 3.8) is 0 Å². The highest BCUT2D eigenvalue weighted by Crippen LogP contribution is 2.29. The van der Waals surface area contributed by atoms with Crippen LogP contribution in [0.1, 0.15) is 30.4 Å². The molecule has 104 valence electrons. The molecule has 0 radical (unpaired) electrons. The minimum Gasteiger partial charge on any atom is -0.493 e. The number of benzene rings is 2. The van der Waals surface area contributed by atoms with E-state index in [1.165, 1.54) is 43.2 Å². The molecule has 1 aliphatic heterocycles. The van der Waals surface area contributed by atoms with Crippen molar-refractivity contribution >= 4 is 0 Å². The lowest BCUT2D eigenvalue weighted by Gasteiger charge is -2.25. The number of fused-ring (bicyclic) bond motifs is 1. The van der Waals surface area contributed by atoms with Crippen LogP contribution in [0.5, 0.6) is 5.75 Å². The fourth-order valence-corrected chi connectivity index (χ4v) is 2.98. The zero-order valence-electron chi connectivity index (χ0n) is 11.9. The van der Waals surface area contributed by atoms with Gasteiger partial charge < -0.3 is 4.74 Å². The second-order valence-corrected chi connectivity index (χ2v) is 5.72. The topological polar surface area (TPSA) is 9.23 Å². The molecule has 1 aliphatic rings. The van der Waals surface area contributed by atoms with Crippen LogP contribution in [0.15, 0.2) is 54.6 Å². The van der Waals surface area contributed by atoms with Crippen LogP contribution in [0.3, 0.4) is 0 Å². The first-order chi connectivity index (χ1) is 9.92. The Balaban J connectivity index is 1.42. The molecule has 0 N–H and O–H groups in total. The van der Waals surface area contributed by atoms with Crippen molar-refractivity contribution in [2.75, 3.05) is 6.61 Å². The first-order valence-corrected chi connectivity index (χ1v) is 7.66. The van der Waals surface area contributed by atoms with Crippen molar-refractivity contribution in [2.45, 2.75) is 32.1 Å². The molecule has 3 rings (SSSR count). The molecule has 0 saturated carbocycles. The van der Waals surface area contributed by atoms with E-state index >= 15 is 0 Å². The number of aryl methyl sites for hydroxylation is 1. The minimum atomic E-state index is 0.695. The molecule has 1 atom stereocenters. The van der Waals surface area contributed by atoms with Gasteiger partial charge in [0.1, 0.15) is 5.75 Å². The molecule has 0 aliphatic carbocycles. The van der Waals surface area contributed by atoms with Crippen molar-refractivity contribution in [1.29, 1.82) is 0 Å². The van der Waals surface area contributed by atoms with Gasteiger partial charge in [-0.3, -0.25) is 0 Å². The van der Waals surface area contributed by atoms with Crippen LogP contribution in [-0.2, 0) is 12.8 Å². The first kappa shape index (κ1) is 13.2. The van der Waals surface area contributed by atoms with Gasteiger partial charge in [0.25, 0.3) is 0 Å². The van der Waals surface area contributed by atoms with E-state index in [4.69, 9.17) is 4.74 Å². The van der Waals surface area contributed by atoms with Gasteiger partial charge in [-0.2, -0.15) is 0 Å². The van der Waals surface area contributed by atoms with E-state index in [-0.39, 0.29) is 0 Å². The molecule has 20 heavy (non-hydrogen) atoms. The number of para-hydroxylation sites is 1. The first-order valence-electron chi connectivity index (χ1n) is 7.66. The molecule has 0 bridgehead atoms. The third-order valence-corrected chi connectivity index (χ3v) is 4.13. The van der Waals surface area contributed by atoms with Gasteiger partial charge >= 0.3 is 0 Å². The standard InChI is InChI=1S/C19H22O/c1-2-8-16(9-3-1)10-4-5-11-17-14-18-12-6-7-13-19(18)20-15-17/h1-3,6-9,12-13,17H,4-5,10-11,14-15H2. The largest absolute Gasteiger partial charge is 0.493 e. The molecule has 1 heterocycles. The predicted molar refractivity (Wildman–Crippen MR) is 83.1 cm³/mol. The average Bonchev–Trinajstić information content (AvgIpc) is 2.52. The van der Waals surface area contributed by atoms with Crippen molar-refractivity contribution in [3.05, 3.63) is 65.7 Å². The fourth-order valence-electron chi connectivity index (χ4n) is 2.98. The minimum absolute atomic E-state index is 0.695. The van der Waals surface area contributed by atoms with Crippen LogP contribution in [0.4, 0.5) is 0 Å². The van der Waals surface area contributed by atoms with Crippen molar-refractivity contribution in [1.82, 2.24) is 0 Å².